The van der Waals surface area contributed by atoms with Crippen LogP contribution < -0.4 is 4.74 Å². The summed E-state index contributed by atoms with van der Waals surface area (Å²) in [7, 11) is 0. The van der Waals surface area contributed by atoms with Crippen LogP contribution in [-0.4, -0.2) is 35.0 Å². The number of hydrogen-bond donors (Lipinski definition) is 1. The monoisotopic (exact) mass is 407 g/mol. The van der Waals surface area contributed by atoms with E-state index in [1.165, 1.54) is 6.92 Å². The standard InChI is InChI=1S/C25H29NO4/c1-18(27)30-22-11-7-10-21(28)24(22)25(13-5-6-14-25)20-12-15-26(17-20)23(29)16-19-8-3-2-4-9-19/h2-4,7-11,20,28H,5-6,12-17H2,1H3. The van der Waals surface area contributed by atoms with Crippen LogP contribution in [-0.2, 0) is 21.4 Å². The molecule has 1 saturated heterocycles. The molecule has 1 unspecified atom stereocenters. The molecule has 2 aromatic carbocycles. The maximum Gasteiger partial charge on any atom is 0.308 e. The molecule has 0 aromatic heterocycles. The van der Waals surface area contributed by atoms with Crippen LogP contribution >= 0.6 is 0 Å². The molecule has 2 aromatic rings. The van der Waals surface area contributed by atoms with Gasteiger partial charge in [0, 0.05) is 31.0 Å². The van der Waals surface area contributed by atoms with Gasteiger partial charge in [0.2, 0.25) is 5.91 Å². The molecule has 4 rings (SSSR count). The van der Waals surface area contributed by atoms with E-state index in [-0.39, 0.29) is 29.0 Å². The third-order valence-electron chi connectivity index (χ3n) is 6.77. The summed E-state index contributed by atoms with van der Waals surface area (Å²) in [5.74, 6) is 0.640. The molecule has 158 valence electrons. The molecule has 0 spiro atoms. The van der Waals surface area contributed by atoms with Gasteiger partial charge in [-0.1, -0.05) is 49.2 Å². The molecule has 5 nitrogen and oxygen atoms in total. The molecule has 2 fully saturated rings. The quantitative estimate of drug-likeness (QED) is 0.595. The molecular weight excluding hydrogens is 378 g/mol. The van der Waals surface area contributed by atoms with Gasteiger partial charge in [0.05, 0.1) is 6.42 Å². The maximum atomic E-state index is 12.9. The van der Waals surface area contributed by atoms with E-state index in [1.54, 1.807) is 18.2 Å². The Balaban J connectivity index is 1.59. The van der Waals surface area contributed by atoms with E-state index in [4.69, 9.17) is 4.74 Å². The maximum absolute atomic E-state index is 12.9. The van der Waals surface area contributed by atoms with E-state index >= 15 is 0 Å². The number of aromatic hydroxyl groups is 1. The van der Waals surface area contributed by atoms with Crippen molar-refractivity contribution in [1.29, 1.82) is 0 Å². The lowest BCUT2D eigenvalue weighted by molar-refractivity contribution is -0.132. The second kappa shape index (κ2) is 8.50. The Morgan fingerprint density at radius 3 is 2.53 bits per heavy atom. The molecule has 1 atom stereocenters. The normalized spacial score (nSPS) is 20.3. The predicted octanol–water partition coefficient (Wildman–Crippen LogP) is 4.22. The number of ether oxygens (including phenoxy) is 1. The van der Waals surface area contributed by atoms with Gasteiger partial charge in [-0.25, -0.2) is 0 Å². The van der Waals surface area contributed by atoms with Gasteiger partial charge in [-0.05, 0) is 42.9 Å². The highest BCUT2D eigenvalue weighted by Gasteiger charge is 2.48. The first-order chi connectivity index (χ1) is 14.5. The second-order valence-electron chi connectivity index (χ2n) is 8.59. The van der Waals surface area contributed by atoms with Crippen LogP contribution in [0.4, 0.5) is 0 Å². The molecule has 0 radical (unpaired) electrons. The predicted molar refractivity (Wildman–Crippen MR) is 114 cm³/mol. The minimum atomic E-state index is -0.388. The van der Waals surface area contributed by atoms with E-state index in [2.05, 4.69) is 0 Å². The molecule has 1 aliphatic heterocycles. The largest absolute Gasteiger partial charge is 0.508 e. The molecule has 1 N–H and O–H groups in total. The highest BCUT2D eigenvalue weighted by atomic mass is 16.5. The molecule has 5 heteroatoms. The highest BCUT2D eigenvalue weighted by Crippen LogP contribution is 2.54. The van der Waals surface area contributed by atoms with Gasteiger partial charge < -0.3 is 14.7 Å². The third kappa shape index (κ3) is 3.93. The third-order valence-corrected chi connectivity index (χ3v) is 6.77. The molecule has 1 aliphatic carbocycles. The first-order valence-electron chi connectivity index (χ1n) is 10.8. The lowest BCUT2D eigenvalue weighted by Gasteiger charge is -2.37. The number of likely N-dealkylation sites (tertiary alicyclic amines) is 1. The van der Waals surface area contributed by atoms with Crippen molar-refractivity contribution in [3.05, 3.63) is 59.7 Å². The van der Waals surface area contributed by atoms with Gasteiger partial charge in [0.15, 0.2) is 0 Å². The Bertz CT molecular complexity index is 918. The molecule has 2 aliphatic rings. The van der Waals surface area contributed by atoms with Crippen LogP contribution in [0.1, 0.15) is 50.2 Å². The van der Waals surface area contributed by atoms with Crippen LogP contribution in [0.5, 0.6) is 11.5 Å². The lowest BCUT2D eigenvalue weighted by Crippen LogP contribution is -2.37. The summed E-state index contributed by atoms with van der Waals surface area (Å²) >= 11 is 0. The van der Waals surface area contributed by atoms with E-state index in [0.717, 1.165) is 49.8 Å². The summed E-state index contributed by atoms with van der Waals surface area (Å²) in [4.78, 5) is 26.5. The zero-order chi connectivity index (χ0) is 21.1. The van der Waals surface area contributed by atoms with Crippen molar-refractivity contribution in [1.82, 2.24) is 4.90 Å². The van der Waals surface area contributed by atoms with E-state index in [1.807, 2.05) is 35.2 Å². The van der Waals surface area contributed by atoms with E-state index in [9.17, 15) is 14.7 Å². The van der Waals surface area contributed by atoms with Gasteiger partial charge in [0.25, 0.3) is 0 Å². The number of rotatable bonds is 5. The smallest absolute Gasteiger partial charge is 0.308 e. The molecular formula is C25H29NO4. The van der Waals surface area contributed by atoms with Crippen LogP contribution in [0.3, 0.4) is 0 Å². The van der Waals surface area contributed by atoms with Crippen molar-refractivity contribution in [2.45, 2.75) is 50.9 Å². The summed E-state index contributed by atoms with van der Waals surface area (Å²) in [5, 5.41) is 10.8. The van der Waals surface area contributed by atoms with Crippen LogP contribution in [0.2, 0.25) is 0 Å². The topological polar surface area (TPSA) is 66.8 Å². The van der Waals surface area contributed by atoms with Crippen molar-refractivity contribution >= 4 is 11.9 Å². The van der Waals surface area contributed by atoms with Crippen molar-refractivity contribution in [3.8, 4) is 11.5 Å². The zero-order valence-electron chi connectivity index (χ0n) is 17.5. The number of hydrogen-bond acceptors (Lipinski definition) is 4. The average molecular weight is 408 g/mol. The number of amides is 1. The molecule has 1 amide bonds. The number of phenols is 1. The average Bonchev–Trinajstić information content (AvgIpc) is 3.39. The van der Waals surface area contributed by atoms with Gasteiger partial charge in [-0.15, -0.1) is 0 Å². The van der Waals surface area contributed by atoms with Crippen molar-refractivity contribution in [2.24, 2.45) is 5.92 Å². The molecule has 0 bridgehead atoms. The molecule has 1 heterocycles. The summed E-state index contributed by atoms with van der Waals surface area (Å²) in [6.45, 7) is 2.79. The first kappa shape index (κ1) is 20.5. The Kier molecular flexibility index (Phi) is 5.80. The van der Waals surface area contributed by atoms with Crippen LogP contribution in [0.25, 0.3) is 0 Å². The van der Waals surface area contributed by atoms with Crippen molar-refractivity contribution < 1.29 is 19.4 Å². The highest BCUT2D eigenvalue weighted by molar-refractivity contribution is 5.79. The van der Waals surface area contributed by atoms with E-state index < -0.39 is 0 Å². The minimum Gasteiger partial charge on any atom is -0.508 e. The van der Waals surface area contributed by atoms with Crippen molar-refractivity contribution in [3.63, 3.8) is 0 Å². The Labute approximate surface area is 177 Å². The number of benzene rings is 2. The number of esters is 1. The Morgan fingerprint density at radius 2 is 1.83 bits per heavy atom. The molecule has 30 heavy (non-hydrogen) atoms. The van der Waals surface area contributed by atoms with Crippen LogP contribution in [0.15, 0.2) is 48.5 Å². The number of carbonyl (C=O) groups excluding carboxylic acids is 2. The zero-order valence-corrected chi connectivity index (χ0v) is 17.5. The lowest BCUT2D eigenvalue weighted by atomic mass is 9.67. The summed E-state index contributed by atoms with van der Waals surface area (Å²) < 4.78 is 5.50. The Hall–Kier alpha value is -2.82. The fraction of sp³-hybridized carbons (Fsp3) is 0.440. The SMILES string of the molecule is CC(=O)Oc1cccc(O)c1C1(C2CCN(C(=O)Cc3ccccc3)C2)CCCC1. The fourth-order valence-corrected chi connectivity index (χ4v) is 5.45. The number of nitrogens with zero attached hydrogens (tertiary/aromatic N) is 1. The van der Waals surface area contributed by atoms with Crippen molar-refractivity contribution in [2.75, 3.05) is 13.1 Å². The van der Waals surface area contributed by atoms with Crippen LogP contribution in [0, 0.1) is 5.92 Å². The van der Waals surface area contributed by atoms with Gasteiger partial charge in [-0.2, -0.15) is 0 Å². The van der Waals surface area contributed by atoms with E-state index in [0.29, 0.717) is 18.7 Å². The fourth-order valence-electron chi connectivity index (χ4n) is 5.45. The summed E-state index contributed by atoms with van der Waals surface area (Å²) in [5.41, 5.74) is 1.51. The first-order valence-corrected chi connectivity index (χ1v) is 10.8. The molecule has 1 saturated carbocycles. The minimum absolute atomic E-state index is 0.148. The number of phenolic OH excluding ortho intramolecular Hbond substituents is 1. The van der Waals surface area contributed by atoms with Gasteiger partial charge in [0.1, 0.15) is 11.5 Å². The Morgan fingerprint density at radius 1 is 1.10 bits per heavy atom. The summed E-state index contributed by atoms with van der Waals surface area (Å²) in [6.07, 6.45) is 5.32. The number of carbonyl (C=O) groups is 2. The van der Waals surface area contributed by atoms with Gasteiger partial charge in [-0.3, -0.25) is 9.59 Å². The second-order valence-corrected chi connectivity index (χ2v) is 8.59. The van der Waals surface area contributed by atoms with Gasteiger partial charge >= 0.3 is 5.97 Å². The summed E-state index contributed by atoms with van der Waals surface area (Å²) in [6, 6.07) is 15.0.